The Kier molecular flexibility index (Phi) is 3.15. The fourth-order valence-corrected chi connectivity index (χ4v) is 3.03. The van der Waals surface area contributed by atoms with Crippen LogP contribution < -0.4 is 0 Å². The molecule has 2 rings (SSSR count). The quantitative estimate of drug-likeness (QED) is 0.594. The van der Waals surface area contributed by atoms with Crippen LogP contribution in [0.1, 0.15) is 26.2 Å². The van der Waals surface area contributed by atoms with E-state index in [1.807, 2.05) is 6.92 Å². The molecule has 0 aromatic rings. The largest absolute Gasteiger partial charge is 0.458 e. The van der Waals surface area contributed by atoms with Gasteiger partial charge in [0.2, 0.25) is 0 Å². The molecule has 2 fully saturated rings. The molecule has 0 amide bonds. The second kappa shape index (κ2) is 4.35. The third-order valence-electron chi connectivity index (χ3n) is 3.94. The highest BCUT2D eigenvalue weighted by Crippen LogP contribution is 2.42. The van der Waals surface area contributed by atoms with Crippen molar-refractivity contribution in [3.05, 3.63) is 24.8 Å². The highest BCUT2D eigenvalue weighted by atomic mass is 16.6. The number of fused-ring (bicyclic) bond motifs is 1. The summed E-state index contributed by atoms with van der Waals surface area (Å²) in [4.78, 5) is 23.3. The van der Waals surface area contributed by atoms with Crippen LogP contribution in [0.2, 0.25) is 0 Å². The second-order valence-corrected chi connectivity index (χ2v) is 5.42. The van der Waals surface area contributed by atoms with Crippen molar-refractivity contribution in [1.82, 2.24) is 0 Å². The minimum atomic E-state index is -1.45. The zero-order valence-corrected chi connectivity index (χ0v) is 10.5. The Morgan fingerprint density at radius 2 is 2.22 bits per heavy atom. The van der Waals surface area contributed by atoms with E-state index in [9.17, 15) is 14.7 Å². The molecular formula is C14H18O4. The number of rotatable bonds is 2. The molecule has 0 aromatic heterocycles. The van der Waals surface area contributed by atoms with Crippen molar-refractivity contribution >= 4 is 11.8 Å². The summed E-state index contributed by atoms with van der Waals surface area (Å²) in [5.41, 5.74) is -1.08. The molecule has 0 aromatic carbocycles. The lowest BCUT2D eigenvalue weighted by molar-refractivity contribution is -0.139. The first-order valence-electron chi connectivity index (χ1n) is 6.16. The maximum absolute atomic E-state index is 11.8. The Hall–Kier alpha value is -1.42. The molecular weight excluding hydrogens is 232 g/mol. The summed E-state index contributed by atoms with van der Waals surface area (Å²) in [6, 6.07) is 0. The molecule has 98 valence electrons. The smallest absolute Gasteiger partial charge is 0.334 e. The molecule has 1 aliphatic carbocycles. The molecule has 1 saturated carbocycles. The van der Waals surface area contributed by atoms with Crippen LogP contribution in [0, 0.1) is 11.8 Å². The van der Waals surface area contributed by atoms with Gasteiger partial charge in [-0.2, -0.15) is 0 Å². The molecule has 4 heteroatoms. The van der Waals surface area contributed by atoms with Crippen LogP contribution in [-0.2, 0) is 14.3 Å². The minimum Gasteiger partial charge on any atom is -0.458 e. The Bertz CT molecular complexity index is 424. The summed E-state index contributed by atoms with van der Waals surface area (Å²) < 4.78 is 5.25. The van der Waals surface area contributed by atoms with Crippen molar-refractivity contribution in [2.45, 2.75) is 37.9 Å². The number of hydrogen-bond acceptors (Lipinski definition) is 4. The first-order chi connectivity index (χ1) is 8.37. The molecule has 4 nitrogen and oxygen atoms in total. The van der Waals surface area contributed by atoms with Crippen LogP contribution in [-0.4, -0.2) is 28.6 Å². The van der Waals surface area contributed by atoms with Gasteiger partial charge in [-0.25, -0.2) is 4.79 Å². The second-order valence-electron chi connectivity index (χ2n) is 5.42. The standard InChI is InChI=1S/C14H18O4/c1-4-12(15)14(17)6-8(2)5-11-10(7-14)9(3)13(16)18-11/h4,8,10-11,17H,1,3,5-7H2,2H3. The summed E-state index contributed by atoms with van der Waals surface area (Å²) in [5.74, 6) is -0.960. The first-order valence-corrected chi connectivity index (χ1v) is 6.16. The zero-order valence-electron chi connectivity index (χ0n) is 10.5. The average Bonchev–Trinajstić information content (AvgIpc) is 2.49. The summed E-state index contributed by atoms with van der Waals surface area (Å²) in [6.07, 6.45) is 2.11. The zero-order chi connectivity index (χ0) is 13.5. The predicted octanol–water partition coefficient (Wildman–Crippen LogP) is 1.39. The van der Waals surface area contributed by atoms with Gasteiger partial charge in [-0.3, -0.25) is 4.79 Å². The van der Waals surface area contributed by atoms with E-state index in [4.69, 9.17) is 4.74 Å². The lowest BCUT2D eigenvalue weighted by Crippen LogP contribution is -2.40. The van der Waals surface area contributed by atoms with Crippen LogP contribution in [0.4, 0.5) is 0 Å². The molecule has 0 spiro atoms. The van der Waals surface area contributed by atoms with Gasteiger partial charge in [-0.05, 0) is 31.3 Å². The number of ketones is 1. The number of hydrogen-bond donors (Lipinski definition) is 1. The van der Waals surface area contributed by atoms with Gasteiger partial charge < -0.3 is 9.84 Å². The van der Waals surface area contributed by atoms with Gasteiger partial charge in [-0.1, -0.05) is 20.1 Å². The number of aliphatic hydroxyl groups is 1. The Balaban J connectivity index is 2.32. The van der Waals surface area contributed by atoms with E-state index < -0.39 is 11.6 Å². The van der Waals surface area contributed by atoms with Crippen LogP contribution in [0.25, 0.3) is 0 Å². The molecule has 18 heavy (non-hydrogen) atoms. The fourth-order valence-electron chi connectivity index (χ4n) is 3.03. The summed E-state index contributed by atoms with van der Waals surface area (Å²) >= 11 is 0. The first kappa shape index (κ1) is 13.0. The van der Waals surface area contributed by atoms with E-state index in [-0.39, 0.29) is 30.1 Å². The molecule has 0 radical (unpaired) electrons. The van der Waals surface area contributed by atoms with Gasteiger partial charge in [0.1, 0.15) is 11.7 Å². The molecule has 1 N–H and O–H groups in total. The van der Waals surface area contributed by atoms with Crippen molar-refractivity contribution in [3.8, 4) is 0 Å². The van der Waals surface area contributed by atoms with Crippen LogP contribution in [0.3, 0.4) is 0 Å². The van der Waals surface area contributed by atoms with Gasteiger partial charge in [0.05, 0.1) is 0 Å². The van der Waals surface area contributed by atoms with Crippen LogP contribution in [0.15, 0.2) is 24.8 Å². The Morgan fingerprint density at radius 1 is 1.56 bits per heavy atom. The molecule has 1 saturated heterocycles. The molecule has 1 aliphatic heterocycles. The van der Waals surface area contributed by atoms with Gasteiger partial charge in [0, 0.05) is 11.5 Å². The summed E-state index contributed by atoms with van der Waals surface area (Å²) in [6.45, 7) is 9.08. The van der Waals surface area contributed by atoms with Crippen molar-refractivity contribution in [1.29, 1.82) is 0 Å². The van der Waals surface area contributed by atoms with Crippen molar-refractivity contribution in [2.24, 2.45) is 11.8 Å². The Morgan fingerprint density at radius 3 is 2.83 bits per heavy atom. The number of esters is 1. The monoisotopic (exact) mass is 250 g/mol. The molecule has 0 bridgehead atoms. The van der Waals surface area contributed by atoms with E-state index in [0.717, 1.165) is 6.08 Å². The SMILES string of the molecule is C=CC(=O)C1(O)CC(C)CC2OC(=O)C(=C)C2C1. The van der Waals surface area contributed by atoms with Gasteiger partial charge in [-0.15, -0.1) is 0 Å². The topological polar surface area (TPSA) is 63.6 Å². The van der Waals surface area contributed by atoms with E-state index in [1.165, 1.54) is 0 Å². The predicted molar refractivity (Wildman–Crippen MR) is 65.7 cm³/mol. The van der Waals surface area contributed by atoms with Crippen molar-refractivity contribution in [2.75, 3.05) is 0 Å². The van der Waals surface area contributed by atoms with Crippen molar-refractivity contribution in [3.63, 3.8) is 0 Å². The summed E-state index contributed by atoms with van der Waals surface area (Å²) in [5, 5.41) is 10.5. The van der Waals surface area contributed by atoms with Gasteiger partial charge >= 0.3 is 5.97 Å². The average molecular weight is 250 g/mol. The highest BCUT2D eigenvalue weighted by molar-refractivity contribution is 5.97. The summed E-state index contributed by atoms with van der Waals surface area (Å²) in [7, 11) is 0. The highest BCUT2D eigenvalue weighted by Gasteiger charge is 2.49. The third-order valence-corrected chi connectivity index (χ3v) is 3.94. The maximum atomic E-state index is 11.8. The molecule has 4 atom stereocenters. The maximum Gasteiger partial charge on any atom is 0.334 e. The van der Waals surface area contributed by atoms with Crippen LogP contribution >= 0.6 is 0 Å². The van der Waals surface area contributed by atoms with E-state index in [1.54, 1.807) is 0 Å². The van der Waals surface area contributed by atoms with Crippen molar-refractivity contribution < 1.29 is 19.4 Å². The lowest BCUT2D eigenvalue weighted by atomic mass is 9.82. The van der Waals surface area contributed by atoms with E-state index in [2.05, 4.69) is 13.2 Å². The fraction of sp³-hybridized carbons (Fsp3) is 0.571. The normalized spacial score (nSPS) is 39.8. The molecule has 2 aliphatic rings. The van der Waals surface area contributed by atoms with Gasteiger partial charge in [0.15, 0.2) is 5.78 Å². The number of ether oxygens (including phenoxy) is 1. The van der Waals surface area contributed by atoms with Crippen LogP contribution in [0.5, 0.6) is 0 Å². The minimum absolute atomic E-state index is 0.104. The lowest BCUT2D eigenvalue weighted by Gasteiger charge is -2.27. The number of carbonyl (C=O) groups is 2. The third kappa shape index (κ3) is 2.01. The molecule has 1 heterocycles. The molecule has 4 unspecified atom stereocenters. The van der Waals surface area contributed by atoms with E-state index in [0.29, 0.717) is 18.4 Å². The number of carbonyl (C=O) groups excluding carboxylic acids is 2. The van der Waals surface area contributed by atoms with E-state index >= 15 is 0 Å². The Labute approximate surface area is 106 Å². The van der Waals surface area contributed by atoms with Gasteiger partial charge in [0.25, 0.3) is 0 Å².